The molecule has 2 heteroatoms. The van der Waals surface area contributed by atoms with Crippen LogP contribution in [0.25, 0.3) is 11.1 Å². The predicted molar refractivity (Wildman–Crippen MR) is 148 cm³/mol. The van der Waals surface area contributed by atoms with E-state index >= 15 is 0 Å². The Hall–Kier alpha value is -0.700. The lowest BCUT2D eigenvalue weighted by Gasteiger charge is -2.43. The van der Waals surface area contributed by atoms with Crippen molar-refractivity contribution in [1.29, 1.82) is 0 Å². The maximum absolute atomic E-state index is 2.43. The second-order valence-corrected chi connectivity index (χ2v) is 20.5. The van der Waals surface area contributed by atoms with E-state index in [-0.39, 0.29) is 26.2 Å². The molecule has 0 aliphatic rings. The number of hydrogen-bond donors (Lipinski definition) is 0. The zero-order valence-corrected chi connectivity index (χ0v) is 24.0. The average molecular weight is 457 g/mol. The third-order valence-electron chi connectivity index (χ3n) is 5.74. The van der Waals surface area contributed by atoms with E-state index in [1.165, 1.54) is 22.9 Å². The van der Waals surface area contributed by atoms with Crippen LogP contribution in [-0.2, 0) is 6.16 Å². The topological polar surface area (TPSA) is 0 Å². The van der Waals surface area contributed by atoms with Gasteiger partial charge in [-0.05, 0) is 48.8 Å². The van der Waals surface area contributed by atoms with Crippen LogP contribution in [0.5, 0.6) is 0 Å². The molecular formula is C29H46P2. The summed E-state index contributed by atoms with van der Waals surface area (Å²) in [5, 5.41) is 2.71. The van der Waals surface area contributed by atoms with E-state index in [1.54, 1.807) is 5.30 Å². The van der Waals surface area contributed by atoms with Gasteiger partial charge in [-0.3, -0.25) is 0 Å². The molecule has 0 nitrogen and oxygen atoms in total. The van der Waals surface area contributed by atoms with Gasteiger partial charge in [-0.1, -0.05) is 147 Å². The maximum Gasteiger partial charge on any atom is -0.00575 e. The van der Waals surface area contributed by atoms with E-state index in [9.17, 15) is 0 Å². The Kier molecular flexibility index (Phi) is 7.94. The van der Waals surface area contributed by atoms with Crippen LogP contribution in [0.3, 0.4) is 0 Å². The van der Waals surface area contributed by atoms with E-state index in [4.69, 9.17) is 0 Å². The minimum absolute atomic E-state index is 0.190. The molecule has 172 valence electrons. The molecule has 0 radical (unpaired) electrons. The summed E-state index contributed by atoms with van der Waals surface area (Å²) in [6.07, 6.45) is 1.18. The second kappa shape index (κ2) is 9.27. The summed E-state index contributed by atoms with van der Waals surface area (Å²) in [4.78, 5) is 0. The molecule has 0 N–H and O–H groups in total. The Morgan fingerprint density at radius 1 is 0.516 bits per heavy atom. The molecule has 0 unspecified atom stereocenters. The Bertz CT molecular complexity index is 839. The van der Waals surface area contributed by atoms with Gasteiger partial charge in [0.25, 0.3) is 0 Å². The Balaban J connectivity index is 2.69. The van der Waals surface area contributed by atoms with Crippen LogP contribution in [0.1, 0.15) is 88.6 Å². The van der Waals surface area contributed by atoms with E-state index in [1.807, 2.05) is 0 Å². The monoisotopic (exact) mass is 456 g/mol. The van der Waals surface area contributed by atoms with Crippen LogP contribution in [0, 0.1) is 0 Å². The lowest BCUT2D eigenvalue weighted by atomic mass is 10.0. The Morgan fingerprint density at radius 2 is 0.935 bits per heavy atom. The smallest absolute Gasteiger partial charge is 0.00575 e. The first-order valence-electron chi connectivity index (χ1n) is 11.7. The van der Waals surface area contributed by atoms with Crippen molar-refractivity contribution in [2.24, 2.45) is 0 Å². The van der Waals surface area contributed by atoms with E-state index in [0.717, 1.165) is 0 Å². The van der Waals surface area contributed by atoms with Crippen molar-refractivity contribution in [1.82, 2.24) is 0 Å². The third-order valence-corrected chi connectivity index (χ3v) is 13.2. The van der Waals surface area contributed by atoms with Crippen LogP contribution >= 0.6 is 15.8 Å². The first-order valence-corrected chi connectivity index (χ1v) is 14.6. The van der Waals surface area contributed by atoms with Gasteiger partial charge in [0, 0.05) is 0 Å². The minimum atomic E-state index is -0.355. The second-order valence-electron chi connectivity index (χ2n) is 12.8. The van der Waals surface area contributed by atoms with Gasteiger partial charge in [0.1, 0.15) is 0 Å². The average Bonchev–Trinajstić information content (AvgIpc) is 2.56. The number of benzene rings is 2. The minimum Gasteiger partial charge on any atom is -0.0911 e. The summed E-state index contributed by atoms with van der Waals surface area (Å²) in [6.45, 7) is 29.1. The van der Waals surface area contributed by atoms with Gasteiger partial charge in [-0.2, -0.15) is 0 Å². The van der Waals surface area contributed by atoms with Gasteiger partial charge in [0.05, 0.1) is 0 Å². The molecule has 0 atom stereocenters. The van der Waals surface area contributed by atoms with Crippen molar-refractivity contribution in [3.8, 4) is 11.1 Å². The first-order chi connectivity index (χ1) is 13.9. The molecule has 0 spiro atoms. The molecule has 2 aromatic rings. The Labute approximate surface area is 196 Å². The Morgan fingerprint density at radius 3 is 1.39 bits per heavy atom. The van der Waals surface area contributed by atoms with Crippen LogP contribution in [0.2, 0.25) is 0 Å². The van der Waals surface area contributed by atoms with Crippen LogP contribution in [0.4, 0.5) is 0 Å². The molecule has 31 heavy (non-hydrogen) atoms. The summed E-state index contributed by atoms with van der Waals surface area (Å²) >= 11 is 0. The predicted octanol–water partition coefficient (Wildman–Crippen LogP) is 9.64. The van der Waals surface area contributed by atoms with Crippen LogP contribution in [-0.4, -0.2) is 20.6 Å². The third kappa shape index (κ3) is 6.65. The standard InChI is InChI=1S/C29H46P2/c1-26(2,3)30(27(4,5)6)21-22-17-13-14-18-23(22)24-19-15-16-20-25(24)31(28(7,8)9)29(10,11)12/h13-20H,21H2,1-12H3. The summed E-state index contributed by atoms with van der Waals surface area (Å²) < 4.78 is 0. The van der Waals surface area contributed by atoms with E-state index < -0.39 is 0 Å². The van der Waals surface area contributed by atoms with Crippen LogP contribution < -0.4 is 5.30 Å². The van der Waals surface area contributed by atoms with Crippen molar-refractivity contribution in [2.75, 3.05) is 0 Å². The highest BCUT2D eigenvalue weighted by molar-refractivity contribution is 7.68. The van der Waals surface area contributed by atoms with Gasteiger partial charge < -0.3 is 0 Å². The lowest BCUT2D eigenvalue weighted by molar-refractivity contribution is 0.703. The molecule has 0 heterocycles. The van der Waals surface area contributed by atoms with Gasteiger partial charge in [-0.25, -0.2) is 0 Å². The maximum atomic E-state index is 2.43. The van der Waals surface area contributed by atoms with Gasteiger partial charge in [0.15, 0.2) is 0 Å². The molecule has 0 aliphatic carbocycles. The summed E-state index contributed by atoms with van der Waals surface area (Å²) in [6, 6.07) is 18.5. The largest absolute Gasteiger partial charge is 0.0911 e. The van der Waals surface area contributed by atoms with Crippen molar-refractivity contribution in [2.45, 2.75) is 110 Å². The van der Waals surface area contributed by atoms with Gasteiger partial charge >= 0.3 is 0 Å². The molecule has 0 saturated carbocycles. The summed E-state index contributed by atoms with van der Waals surface area (Å²) in [5.41, 5.74) is 4.41. The zero-order valence-electron chi connectivity index (χ0n) is 22.2. The normalized spacial score (nSPS) is 13.9. The molecule has 0 aromatic heterocycles. The summed E-state index contributed by atoms with van der Waals surface area (Å²) in [5.74, 6) is 0. The quantitative estimate of drug-likeness (QED) is 0.402. The first kappa shape index (κ1) is 26.6. The van der Waals surface area contributed by atoms with Crippen molar-refractivity contribution >= 4 is 21.1 Å². The highest BCUT2D eigenvalue weighted by atomic mass is 31.1. The zero-order chi connectivity index (χ0) is 23.8. The fourth-order valence-electron chi connectivity index (χ4n) is 5.20. The number of hydrogen-bond acceptors (Lipinski definition) is 0. The molecule has 2 rings (SSSR count). The molecule has 0 bridgehead atoms. The molecule has 0 saturated heterocycles. The molecule has 0 amide bonds. The molecule has 0 aliphatic heterocycles. The molecule has 2 aromatic carbocycles. The fourth-order valence-corrected chi connectivity index (χ4v) is 12.9. The van der Waals surface area contributed by atoms with Crippen molar-refractivity contribution in [3.05, 3.63) is 54.1 Å². The number of rotatable bonds is 4. The van der Waals surface area contributed by atoms with Crippen molar-refractivity contribution < 1.29 is 0 Å². The van der Waals surface area contributed by atoms with Gasteiger partial charge in [-0.15, -0.1) is 0 Å². The van der Waals surface area contributed by atoms with Gasteiger partial charge in [0.2, 0.25) is 0 Å². The molecular weight excluding hydrogens is 410 g/mol. The highest BCUT2D eigenvalue weighted by Gasteiger charge is 2.38. The van der Waals surface area contributed by atoms with E-state index in [2.05, 4.69) is 132 Å². The summed E-state index contributed by atoms with van der Waals surface area (Å²) in [7, 11) is -0.545. The SMILES string of the molecule is CC(C)(C)P(Cc1ccccc1-c1ccccc1P(C(C)(C)C)C(C)(C)C)C(C)(C)C. The lowest BCUT2D eigenvalue weighted by Crippen LogP contribution is -2.32. The molecule has 0 fully saturated rings. The van der Waals surface area contributed by atoms with E-state index in [0.29, 0.717) is 10.3 Å². The van der Waals surface area contributed by atoms with Crippen LogP contribution in [0.15, 0.2) is 48.5 Å². The highest BCUT2D eigenvalue weighted by Crippen LogP contribution is 2.62. The van der Waals surface area contributed by atoms with Crippen molar-refractivity contribution in [3.63, 3.8) is 0 Å². The fraction of sp³-hybridized carbons (Fsp3) is 0.586.